The van der Waals surface area contributed by atoms with Crippen molar-refractivity contribution in [2.75, 3.05) is 7.11 Å². The van der Waals surface area contributed by atoms with Crippen LogP contribution in [0.4, 0.5) is 4.39 Å². The monoisotopic (exact) mass is 277 g/mol. The highest BCUT2D eigenvalue weighted by atomic mass is 32.2. The van der Waals surface area contributed by atoms with Crippen LogP contribution in [0.1, 0.15) is 18.5 Å². The first-order chi connectivity index (χ1) is 9.10. The summed E-state index contributed by atoms with van der Waals surface area (Å²) in [5.41, 5.74) is 6.70. The molecule has 0 heterocycles. The summed E-state index contributed by atoms with van der Waals surface area (Å²) in [5.74, 6) is 0.539. The molecule has 0 fully saturated rings. The molecule has 0 bridgehead atoms. The predicted octanol–water partition coefficient (Wildman–Crippen LogP) is 4.01. The van der Waals surface area contributed by atoms with Gasteiger partial charge in [0.25, 0.3) is 0 Å². The van der Waals surface area contributed by atoms with E-state index < -0.39 is 0 Å². The van der Waals surface area contributed by atoms with Crippen molar-refractivity contribution in [3.05, 3.63) is 53.8 Å². The molecule has 0 aromatic heterocycles. The van der Waals surface area contributed by atoms with Gasteiger partial charge in [-0.15, -0.1) is 0 Å². The van der Waals surface area contributed by atoms with E-state index in [2.05, 4.69) is 0 Å². The average molecular weight is 277 g/mol. The Morgan fingerprint density at radius 2 is 2.00 bits per heavy atom. The number of methoxy groups -OCH3 is 1. The second-order valence-electron chi connectivity index (χ2n) is 4.25. The number of benzene rings is 2. The Kier molecular flexibility index (Phi) is 4.45. The summed E-state index contributed by atoms with van der Waals surface area (Å²) in [5, 5.41) is 0. The summed E-state index contributed by atoms with van der Waals surface area (Å²) in [6.07, 6.45) is 0. The van der Waals surface area contributed by atoms with Crippen LogP contribution in [0.15, 0.2) is 52.3 Å². The van der Waals surface area contributed by atoms with Crippen molar-refractivity contribution in [3.63, 3.8) is 0 Å². The third-order valence-electron chi connectivity index (χ3n) is 2.73. The Morgan fingerprint density at radius 1 is 1.21 bits per heavy atom. The Bertz CT molecular complexity index is 572. The van der Waals surface area contributed by atoms with E-state index >= 15 is 0 Å². The number of rotatable bonds is 4. The molecular weight excluding hydrogens is 261 g/mol. The minimum atomic E-state index is -0.262. The standard InChI is InChI=1S/C15H16FNOS/c1-10(17)14-8-11(16)6-7-15(14)19-13-5-3-4-12(9-13)18-2/h3-10H,17H2,1-2H3/t10-/m1/s1. The maximum atomic E-state index is 13.3. The molecule has 0 spiro atoms. The van der Waals surface area contributed by atoms with Gasteiger partial charge in [-0.25, -0.2) is 4.39 Å². The maximum Gasteiger partial charge on any atom is 0.123 e. The fourth-order valence-corrected chi connectivity index (χ4v) is 2.83. The molecule has 1 atom stereocenters. The molecule has 2 nitrogen and oxygen atoms in total. The first-order valence-electron chi connectivity index (χ1n) is 5.97. The molecule has 0 aliphatic carbocycles. The van der Waals surface area contributed by atoms with Gasteiger partial charge in [-0.2, -0.15) is 0 Å². The highest BCUT2D eigenvalue weighted by Crippen LogP contribution is 2.34. The van der Waals surface area contributed by atoms with Crippen LogP contribution in [0.3, 0.4) is 0 Å². The zero-order valence-electron chi connectivity index (χ0n) is 10.9. The second-order valence-corrected chi connectivity index (χ2v) is 5.37. The van der Waals surface area contributed by atoms with Crippen LogP contribution in [-0.4, -0.2) is 7.11 Å². The lowest BCUT2D eigenvalue weighted by Gasteiger charge is -2.12. The van der Waals surface area contributed by atoms with Gasteiger partial charge in [0.2, 0.25) is 0 Å². The highest BCUT2D eigenvalue weighted by Gasteiger charge is 2.10. The largest absolute Gasteiger partial charge is 0.497 e. The molecule has 0 saturated carbocycles. The molecule has 0 radical (unpaired) electrons. The quantitative estimate of drug-likeness (QED) is 0.917. The fraction of sp³-hybridized carbons (Fsp3) is 0.200. The van der Waals surface area contributed by atoms with Crippen molar-refractivity contribution in [1.82, 2.24) is 0 Å². The van der Waals surface area contributed by atoms with E-state index in [0.717, 1.165) is 21.1 Å². The van der Waals surface area contributed by atoms with Crippen LogP contribution in [-0.2, 0) is 0 Å². The molecule has 4 heteroatoms. The van der Waals surface area contributed by atoms with Crippen molar-refractivity contribution in [3.8, 4) is 5.75 Å². The van der Waals surface area contributed by atoms with Crippen LogP contribution < -0.4 is 10.5 Å². The van der Waals surface area contributed by atoms with Gasteiger partial charge in [0, 0.05) is 15.8 Å². The Morgan fingerprint density at radius 3 is 2.68 bits per heavy atom. The van der Waals surface area contributed by atoms with Gasteiger partial charge in [-0.05, 0) is 48.9 Å². The number of nitrogens with two attached hydrogens (primary N) is 1. The minimum Gasteiger partial charge on any atom is -0.497 e. The van der Waals surface area contributed by atoms with Gasteiger partial charge in [0.05, 0.1) is 7.11 Å². The van der Waals surface area contributed by atoms with Crippen molar-refractivity contribution >= 4 is 11.8 Å². The third kappa shape index (κ3) is 3.49. The molecule has 2 N–H and O–H groups in total. The van der Waals surface area contributed by atoms with E-state index in [1.165, 1.54) is 12.1 Å². The van der Waals surface area contributed by atoms with Crippen LogP contribution in [0, 0.1) is 5.82 Å². The molecule has 100 valence electrons. The Balaban J connectivity index is 2.32. The summed E-state index contributed by atoms with van der Waals surface area (Å²) in [7, 11) is 1.63. The molecule has 0 aliphatic heterocycles. The maximum absolute atomic E-state index is 13.3. The summed E-state index contributed by atoms with van der Waals surface area (Å²) >= 11 is 1.55. The minimum absolute atomic E-state index is 0.205. The lowest BCUT2D eigenvalue weighted by molar-refractivity contribution is 0.413. The number of hydrogen-bond donors (Lipinski definition) is 1. The first-order valence-corrected chi connectivity index (χ1v) is 6.78. The topological polar surface area (TPSA) is 35.2 Å². The van der Waals surface area contributed by atoms with Gasteiger partial charge in [-0.1, -0.05) is 17.8 Å². The van der Waals surface area contributed by atoms with Crippen LogP contribution in [0.2, 0.25) is 0 Å². The van der Waals surface area contributed by atoms with Gasteiger partial charge < -0.3 is 10.5 Å². The van der Waals surface area contributed by atoms with Crippen molar-refractivity contribution in [2.45, 2.75) is 22.8 Å². The average Bonchev–Trinajstić information content (AvgIpc) is 2.41. The zero-order valence-corrected chi connectivity index (χ0v) is 11.7. The molecular formula is C15H16FNOS. The van der Waals surface area contributed by atoms with Crippen molar-refractivity contribution < 1.29 is 9.13 Å². The normalized spacial score (nSPS) is 12.2. The molecule has 0 aliphatic rings. The summed E-state index contributed by atoms with van der Waals surface area (Å²) in [6, 6.07) is 12.3. The zero-order chi connectivity index (χ0) is 13.8. The smallest absolute Gasteiger partial charge is 0.123 e. The van der Waals surface area contributed by atoms with Gasteiger partial charge in [0.15, 0.2) is 0 Å². The molecule has 0 saturated heterocycles. The van der Waals surface area contributed by atoms with Crippen LogP contribution in [0.5, 0.6) is 5.75 Å². The second kappa shape index (κ2) is 6.08. The highest BCUT2D eigenvalue weighted by molar-refractivity contribution is 7.99. The lowest BCUT2D eigenvalue weighted by Crippen LogP contribution is -2.06. The van der Waals surface area contributed by atoms with Gasteiger partial charge in [0.1, 0.15) is 11.6 Å². The molecule has 0 unspecified atom stereocenters. The van der Waals surface area contributed by atoms with E-state index in [0.29, 0.717) is 0 Å². The number of hydrogen-bond acceptors (Lipinski definition) is 3. The molecule has 19 heavy (non-hydrogen) atoms. The molecule has 2 aromatic rings. The van der Waals surface area contributed by atoms with Crippen LogP contribution >= 0.6 is 11.8 Å². The summed E-state index contributed by atoms with van der Waals surface area (Å²) in [4.78, 5) is 2.00. The molecule has 0 amide bonds. The summed E-state index contributed by atoms with van der Waals surface area (Å²) < 4.78 is 18.5. The number of halogens is 1. The lowest BCUT2D eigenvalue weighted by atomic mass is 10.1. The number of ether oxygens (including phenoxy) is 1. The summed E-state index contributed by atoms with van der Waals surface area (Å²) in [6.45, 7) is 1.85. The van der Waals surface area contributed by atoms with Crippen molar-refractivity contribution in [1.29, 1.82) is 0 Å². The van der Waals surface area contributed by atoms with E-state index in [-0.39, 0.29) is 11.9 Å². The Hall–Kier alpha value is -1.52. The third-order valence-corrected chi connectivity index (χ3v) is 3.81. The van der Waals surface area contributed by atoms with Gasteiger partial charge in [-0.3, -0.25) is 0 Å². The van der Waals surface area contributed by atoms with E-state index in [1.54, 1.807) is 24.9 Å². The van der Waals surface area contributed by atoms with E-state index in [9.17, 15) is 4.39 Å². The van der Waals surface area contributed by atoms with Gasteiger partial charge >= 0.3 is 0 Å². The first kappa shape index (κ1) is 13.9. The van der Waals surface area contributed by atoms with E-state index in [1.807, 2.05) is 31.2 Å². The Labute approximate surface area is 116 Å². The van der Waals surface area contributed by atoms with Crippen molar-refractivity contribution in [2.24, 2.45) is 5.73 Å². The molecule has 2 rings (SSSR count). The fourth-order valence-electron chi connectivity index (χ4n) is 1.76. The molecule has 2 aromatic carbocycles. The van der Waals surface area contributed by atoms with Crippen LogP contribution in [0.25, 0.3) is 0 Å². The van der Waals surface area contributed by atoms with E-state index in [4.69, 9.17) is 10.5 Å². The predicted molar refractivity (Wildman–Crippen MR) is 76.1 cm³/mol. The SMILES string of the molecule is COc1cccc(Sc2ccc(F)cc2[C@@H](C)N)c1.